The number of urea groups is 1. The van der Waals surface area contributed by atoms with Gasteiger partial charge in [-0.15, -0.1) is 0 Å². The highest BCUT2D eigenvalue weighted by molar-refractivity contribution is 6.30. The Bertz CT molecular complexity index is 915. The van der Waals surface area contributed by atoms with Crippen LogP contribution in [0, 0.1) is 0 Å². The average molecular weight is 416 g/mol. The van der Waals surface area contributed by atoms with Crippen LogP contribution >= 0.6 is 11.6 Å². The molecule has 0 aliphatic carbocycles. The fraction of sp³-hybridized carbons (Fsp3) is 0.286. The van der Waals surface area contributed by atoms with Gasteiger partial charge in [0.25, 0.3) is 5.91 Å². The normalized spacial score (nSPS) is 18.5. The van der Waals surface area contributed by atoms with Crippen LogP contribution in [-0.4, -0.2) is 36.4 Å². The van der Waals surface area contributed by atoms with Crippen molar-refractivity contribution in [1.29, 1.82) is 0 Å². The number of carbonyl (C=O) groups is 3. The van der Waals surface area contributed by atoms with Crippen molar-refractivity contribution >= 4 is 29.4 Å². The first-order valence-electron chi connectivity index (χ1n) is 9.19. The first-order valence-corrected chi connectivity index (χ1v) is 9.57. The van der Waals surface area contributed by atoms with Crippen molar-refractivity contribution in [3.05, 3.63) is 64.7 Å². The van der Waals surface area contributed by atoms with Crippen molar-refractivity contribution in [2.45, 2.75) is 25.4 Å². The van der Waals surface area contributed by atoms with E-state index in [1.54, 1.807) is 55.6 Å². The van der Waals surface area contributed by atoms with E-state index in [4.69, 9.17) is 16.3 Å². The number of hydrogen-bond acceptors (Lipinski definition) is 4. The largest absolute Gasteiger partial charge is 0.497 e. The molecule has 2 aromatic carbocycles. The van der Waals surface area contributed by atoms with E-state index in [1.165, 1.54) is 0 Å². The number of hydrogen-bond donors (Lipinski definition) is 2. The molecule has 3 rings (SSSR count). The maximum atomic E-state index is 13.1. The topological polar surface area (TPSA) is 87.7 Å². The molecular weight excluding hydrogens is 394 g/mol. The Hall–Kier alpha value is -3.06. The number of imide groups is 1. The molecular formula is C21H22ClN3O4. The minimum atomic E-state index is -1.19. The minimum Gasteiger partial charge on any atom is -0.497 e. The number of halogens is 1. The van der Waals surface area contributed by atoms with Crippen LogP contribution in [0.25, 0.3) is 0 Å². The number of nitrogens with one attached hydrogen (secondary N) is 2. The second-order valence-electron chi connectivity index (χ2n) is 6.71. The summed E-state index contributed by atoms with van der Waals surface area (Å²) >= 11 is 5.84. The Labute approximate surface area is 174 Å². The third-order valence-corrected chi connectivity index (χ3v) is 5.25. The molecule has 0 bridgehead atoms. The van der Waals surface area contributed by atoms with Crippen molar-refractivity contribution in [2.75, 3.05) is 13.7 Å². The number of ether oxygens (including phenoxy) is 1. The molecule has 1 heterocycles. The predicted molar refractivity (Wildman–Crippen MR) is 109 cm³/mol. The SMILES string of the molecule is CC[C@@]1(c2ccc(OC)cc2)NC(=O)N(CC(=O)NCc2ccc(Cl)cc2)C1=O. The highest BCUT2D eigenvalue weighted by atomic mass is 35.5. The van der Waals surface area contributed by atoms with Crippen molar-refractivity contribution < 1.29 is 19.1 Å². The summed E-state index contributed by atoms with van der Waals surface area (Å²) < 4.78 is 5.15. The lowest BCUT2D eigenvalue weighted by atomic mass is 9.87. The number of methoxy groups -OCH3 is 1. The van der Waals surface area contributed by atoms with Crippen molar-refractivity contribution in [1.82, 2.24) is 15.5 Å². The molecule has 1 saturated heterocycles. The smallest absolute Gasteiger partial charge is 0.325 e. The molecule has 0 unspecified atom stereocenters. The van der Waals surface area contributed by atoms with Gasteiger partial charge in [0.15, 0.2) is 0 Å². The molecule has 29 heavy (non-hydrogen) atoms. The third kappa shape index (κ3) is 4.19. The van der Waals surface area contributed by atoms with E-state index < -0.39 is 23.4 Å². The lowest BCUT2D eigenvalue weighted by molar-refractivity contribution is -0.135. The van der Waals surface area contributed by atoms with E-state index in [0.29, 0.717) is 22.8 Å². The van der Waals surface area contributed by atoms with Crippen LogP contribution in [0.2, 0.25) is 5.02 Å². The molecule has 8 heteroatoms. The van der Waals surface area contributed by atoms with E-state index in [0.717, 1.165) is 10.5 Å². The van der Waals surface area contributed by atoms with Crippen molar-refractivity contribution in [2.24, 2.45) is 0 Å². The van der Waals surface area contributed by atoms with Gasteiger partial charge < -0.3 is 15.4 Å². The maximum absolute atomic E-state index is 13.1. The summed E-state index contributed by atoms with van der Waals surface area (Å²) in [5.74, 6) is -0.225. The van der Waals surface area contributed by atoms with Crippen LogP contribution in [0.4, 0.5) is 4.79 Å². The van der Waals surface area contributed by atoms with E-state index in [9.17, 15) is 14.4 Å². The summed E-state index contributed by atoms with van der Waals surface area (Å²) in [4.78, 5) is 38.8. The number of nitrogens with zero attached hydrogens (tertiary/aromatic N) is 1. The van der Waals surface area contributed by atoms with Crippen LogP contribution in [0.15, 0.2) is 48.5 Å². The van der Waals surface area contributed by atoms with Gasteiger partial charge in [0.05, 0.1) is 7.11 Å². The van der Waals surface area contributed by atoms with Gasteiger partial charge in [-0.1, -0.05) is 42.8 Å². The predicted octanol–water partition coefficient (Wildman–Crippen LogP) is 2.82. The number of amides is 4. The standard InChI is InChI=1S/C21H22ClN3O4/c1-3-21(15-6-10-17(29-2)11-7-15)19(27)25(20(28)24-21)13-18(26)23-12-14-4-8-16(22)9-5-14/h4-11H,3,12-13H2,1-2H3,(H,23,26)(H,24,28)/t21-/m0/s1. The van der Waals surface area contributed by atoms with Gasteiger partial charge in [-0.25, -0.2) is 4.79 Å². The molecule has 1 aliphatic heterocycles. The minimum absolute atomic E-state index is 0.275. The molecule has 152 valence electrons. The summed E-state index contributed by atoms with van der Waals surface area (Å²) in [7, 11) is 1.55. The molecule has 0 saturated carbocycles. The van der Waals surface area contributed by atoms with Gasteiger partial charge in [0, 0.05) is 11.6 Å². The summed E-state index contributed by atoms with van der Waals surface area (Å²) in [5.41, 5.74) is 0.309. The Morgan fingerprint density at radius 1 is 1.14 bits per heavy atom. The zero-order chi connectivity index (χ0) is 21.0. The quantitative estimate of drug-likeness (QED) is 0.681. The summed E-state index contributed by atoms with van der Waals surface area (Å²) in [6.07, 6.45) is 0.354. The molecule has 2 N–H and O–H groups in total. The first kappa shape index (κ1) is 20.7. The van der Waals surface area contributed by atoms with Crippen molar-refractivity contribution in [3.8, 4) is 5.75 Å². The molecule has 1 atom stereocenters. The highest BCUT2D eigenvalue weighted by Gasteiger charge is 2.51. The second kappa shape index (κ2) is 8.53. The average Bonchev–Trinajstić information content (AvgIpc) is 2.98. The van der Waals surface area contributed by atoms with Gasteiger partial charge in [0.1, 0.15) is 17.8 Å². The van der Waals surface area contributed by atoms with Gasteiger partial charge in [-0.05, 0) is 41.8 Å². The van der Waals surface area contributed by atoms with E-state index in [-0.39, 0.29) is 13.1 Å². The van der Waals surface area contributed by atoms with Crippen LogP contribution in [0.1, 0.15) is 24.5 Å². The zero-order valence-corrected chi connectivity index (χ0v) is 17.0. The third-order valence-electron chi connectivity index (χ3n) is 4.99. The Kier molecular flexibility index (Phi) is 6.08. The fourth-order valence-corrected chi connectivity index (χ4v) is 3.41. The molecule has 0 spiro atoms. The number of rotatable bonds is 7. The molecule has 7 nitrogen and oxygen atoms in total. The maximum Gasteiger partial charge on any atom is 0.325 e. The second-order valence-corrected chi connectivity index (χ2v) is 7.15. The summed E-state index contributed by atoms with van der Waals surface area (Å²) in [5, 5.41) is 6.08. The summed E-state index contributed by atoms with van der Waals surface area (Å²) in [6.45, 7) is 1.74. The Morgan fingerprint density at radius 2 is 1.79 bits per heavy atom. The first-order chi connectivity index (χ1) is 13.9. The lowest BCUT2D eigenvalue weighted by Crippen LogP contribution is -2.44. The van der Waals surface area contributed by atoms with Gasteiger partial charge in [0.2, 0.25) is 5.91 Å². The highest BCUT2D eigenvalue weighted by Crippen LogP contribution is 2.33. The van der Waals surface area contributed by atoms with E-state index in [2.05, 4.69) is 10.6 Å². The Balaban J connectivity index is 1.69. The number of carbonyl (C=O) groups excluding carboxylic acids is 3. The van der Waals surface area contributed by atoms with Crippen LogP contribution in [-0.2, 0) is 21.7 Å². The van der Waals surface area contributed by atoms with Crippen molar-refractivity contribution in [3.63, 3.8) is 0 Å². The van der Waals surface area contributed by atoms with Crippen LogP contribution in [0.5, 0.6) is 5.75 Å². The van der Waals surface area contributed by atoms with E-state index in [1.807, 2.05) is 6.92 Å². The van der Waals surface area contributed by atoms with Gasteiger partial charge in [-0.3, -0.25) is 14.5 Å². The monoisotopic (exact) mass is 415 g/mol. The molecule has 1 aliphatic rings. The van der Waals surface area contributed by atoms with Gasteiger partial charge >= 0.3 is 6.03 Å². The number of benzene rings is 2. The van der Waals surface area contributed by atoms with Crippen LogP contribution in [0.3, 0.4) is 0 Å². The van der Waals surface area contributed by atoms with Gasteiger partial charge in [-0.2, -0.15) is 0 Å². The summed E-state index contributed by atoms with van der Waals surface area (Å²) in [6, 6.07) is 13.4. The zero-order valence-electron chi connectivity index (χ0n) is 16.2. The molecule has 0 aromatic heterocycles. The molecule has 1 fully saturated rings. The van der Waals surface area contributed by atoms with Crippen LogP contribution < -0.4 is 15.4 Å². The molecule has 0 radical (unpaired) electrons. The Morgan fingerprint density at radius 3 is 2.38 bits per heavy atom. The fourth-order valence-electron chi connectivity index (χ4n) is 3.29. The molecule has 4 amide bonds. The lowest BCUT2D eigenvalue weighted by Gasteiger charge is -2.26. The molecule has 2 aromatic rings. The van der Waals surface area contributed by atoms with E-state index >= 15 is 0 Å².